The molecule has 14 heteroatoms. The molecule has 0 bridgehead atoms. The second-order valence-electron chi connectivity index (χ2n) is 15.2. The first-order valence-corrected chi connectivity index (χ1v) is 18.5. The van der Waals surface area contributed by atoms with E-state index in [0.717, 1.165) is 10.5 Å². The molecule has 1 aromatic rings. The van der Waals surface area contributed by atoms with Crippen molar-refractivity contribution in [1.82, 2.24) is 36.1 Å². The molecule has 1 aromatic heterocycles. The van der Waals surface area contributed by atoms with E-state index in [1.165, 1.54) is 12.2 Å². The predicted molar refractivity (Wildman–Crippen MR) is 208 cm³/mol. The van der Waals surface area contributed by atoms with E-state index in [1.54, 1.807) is 20.0 Å². The summed E-state index contributed by atoms with van der Waals surface area (Å²) in [7, 11) is 3.64. The van der Waals surface area contributed by atoms with Gasteiger partial charge in [-0.25, -0.2) is 0 Å². The number of carbonyl (C=O) groups is 6. The molecule has 2 rings (SSSR count). The Labute approximate surface area is 319 Å². The maximum Gasteiger partial charge on any atom is 0.253 e. The zero-order chi connectivity index (χ0) is 40.5. The fourth-order valence-corrected chi connectivity index (χ4v) is 5.94. The summed E-state index contributed by atoms with van der Waals surface area (Å²) in [6, 6.07) is 7.62. The number of hydrogen-bond acceptors (Lipinski definition) is 8. The Morgan fingerprint density at radius 3 is 2.17 bits per heavy atom. The number of nitrogens with one attached hydrogen (secondary N) is 5. The SMILES string of the molecule is CNC(C(=O)NC(C(=O)NC/C=C(\C)C(=O)NC(CO)CCCCNC(=O)CCCN1C(=O)C=CC1=O)C(C)(C)C)C(C)(C)c1ccccccn(C)c1. The average Bonchev–Trinajstić information content (AvgIpc) is 3.47. The zero-order valence-corrected chi connectivity index (χ0v) is 33.2. The van der Waals surface area contributed by atoms with Crippen LogP contribution in [-0.4, -0.2) is 101 Å². The van der Waals surface area contributed by atoms with Crippen LogP contribution in [-0.2, 0) is 41.2 Å². The van der Waals surface area contributed by atoms with Gasteiger partial charge in [0.25, 0.3) is 11.8 Å². The first kappa shape index (κ1) is 45.3. The Bertz CT molecular complexity index is 1570. The fourth-order valence-electron chi connectivity index (χ4n) is 5.94. The van der Waals surface area contributed by atoms with Crippen molar-refractivity contribution in [2.45, 2.75) is 97.2 Å². The van der Waals surface area contributed by atoms with Gasteiger partial charge < -0.3 is 36.3 Å². The molecular formula is C40H61N7O7. The lowest BCUT2D eigenvalue weighted by Gasteiger charge is -2.37. The van der Waals surface area contributed by atoms with Gasteiger partial charge in [-0.1, -0.05) is 65.0 Å². The zero-order valence-electron chi connectivity index (χ0n) is 33.2. The molecule has 1 aliphatic heterocycles. The quantitative estimate of drug-likeness (QED) is 0.0663. The topological polar surface area (TPSA) is 191 Å². The maximum atomic E-state index is 13.8. The van der Waals surface area contributed by atoms with Gasteiger partial charge in [0, 0.05) is 68.6 Å². The highest BCUT2D eigenvalue weighted by Gasteiger charge is 2.40. The number of nitrogens with zero attached hydrogens (tertiary/aromatic N) is 2. The molecule has 6 amide bonds. The molecule has 0 aliphatic carbocycles. The summed E-state index contributed by atoms with van der Waals surface area (Å²) in [5.74, 6) is -2.02. The molecule has 3 unspecified atom stereocenters. The Morgan fingerprint density at radius 1 is 0.870 bits per heavy atom. The van der Waals surface area contributed by atoms with Crippen molar-refractivity contribution in [2.24, 2.45) is 12.5 Å². The largest absolute Gasteiger partial charge is 0.394 e. The Kier molecular flexibility index (Phi) is 18.3. The number of amides is 6. The van der Waals surface area contributed by atoms with Crippen LogP contribution in [0.15, 0.2) is 66.5 Å². The lowest BCUT2D eigenvalue weighted by molar-refractivity contribution is -0.137. The van der Waals surface area contributed by atoms with Crippen molar-refractivity contribution in [3.63, 3.8) is 0 Å². The van der Waals surface area contributed by atoms with Gasteiger partial charge in [0.15, 0.2) is 0 Å². The van der Waals surface area contributed by atoms with Crippen LogP contribution >= 0.6 is 0 Å². The fraction of sp³-hybridized carbons (Fsp3) is 0.550. The molecule has 0 aromatic carbocycles. The van der Waals surface area contributed by atoms with E-state index < -0.39 is 29.0 Å². The van der Waals surface area contributed by atoms with E-state index in [9.17, 15) is 33.9 Å². The van der Waals surface area contributed by atoms with Crippen molar-refractivity contribution in [3.05, 3.63) is 72.1 Å². The summed E-state index contributed by atoms with van der Waals surface area (Å²) < 4.78 is 1.92. The van der Waals surface area contributed by atoms with Crippen LogP contribution in [0.1, 0.15) is 79.2 Å². The normalized spacial score (nSPS) is 14.9. The number of aliphatic hydroxyl groups is 1. The molecule has 0 saturated carbocycles. The number of aromatic nitrogens is 1. The minimum atomic E-state index is -0.870. The standard InChI is InChI=1S/C40H61N7O7/c1-28(36(52)44-30(27-48)17-12-13-22-42-31(49)18-15-25-47-32(50)19-20-33(47)51)21-23-43-37(53)34(39(2,3)4)45-38(54)35(41-7)40(5,6)29-16-11-9-10-14-24-46(8)26-29/h9-11,14,16,19-21,24,26,30,34-35,41,48H,12-13,15,17-18,22-23,25,27H2,1-8H3,(H,42,49)(H,43,53)(H,44,52)(H,45,54)/b10-9?,16-11?,24-14?,28-21+,29-26?. The van der Waals surface area contributed by atoms with E-state index in [1.807, 2.05) is 89.0 Å². The van der Waals surface area contributed by atoms with Gasteiger partial charge in [-0.15, -0.1) is 0 Å². The van der Waals surface area contributed by atoms with Crippen LogP contribution in [0.2, 0.25) is 0 Å². The average molecular weight is 752 g/mol. The summed E-state index contributed by atoms with van der Waals surface area (Å²) in [6.07, 6.45) is 10.2. The molecule has 54 heavy (non-hydrogen) atoms. The number of carbonyl (C=O) groups excluding carboxylic acids is 6. The molecule has 2 heterocycles. The number of rotatable bonds is 20. The van der Waals surface area contributed by atoms with Crippen molar-refractivity contribution in [2.75, 3.05) is 33.3 Å². The van der Waals surface area contributed by atoms with Gasteiger partial charge in [0.2, 0.25) is 23.6 Å². The van der Waals surface area contributed by atoms with Crippen LogP contribution in [0.3, 0.4) is 0 Å². The third kappa shape index (κ3) is 14.5. The van der Waals surface area contributed by atoms with E-state index in [-0.39, 0.29) is 61.6 Å². The molecule has 14 nitrogen and oxygen atoms in total. The maximum absolute atomic E-state index is 13.8. The third-order valence-electron chi connectivity index (χ3n) is 9.29. The summed E-state index contributed by atoms with van der Waals surface area (Å²) in [5.41, 5.74) is -0.0208. The molecule has 0 saturated heterocycles. The molecular weight excluding hydrogens is 690 g/mol. The molecule has 1 aliphatic rings. The first-order chi connectivity index (χ1) is 25.4. The molecule has 0 spiro atoms. The number of imide groups is 1. The van der Waals surface area contributed by atoms with E-state index in [4.69, 9.17) is 0 Å². The van der Waals surface area contributed by atoms with Gasteiger partial charge >= 0.3 is 0 Å². The van der Waals surface area contributed by atoms with Gasteiger partial charge in [0.05, 0.1) is 18.7 Å². The van der Waals surface area contributed by atoms with Gasteiger partial charge in [0.1, 0.15) is 6.04 Å². The molecule has 6 N–H and O–H groups in total. The highest BCUT2D eigenvalue weighted by molar-refractivity contribution is 6.12. The number of likely N-dealkylation sites (N-methyl/N-ethyl adjacent to an activating group) is 1. The van der Waals surface area contributed by atoms with Gasteiger partial charge in [-0.2, -0.15) is 0 Å². The minimum absolute atomic E-state index is 0.0531. The van der Waals surface area contributed by atoms with Crippen LogP contribution < -0.4 is 26.6 Å². The molecule has 3 atom stereocenters. The first-order valence-electron chi connectivity index (χ1n) is 18.5. The van der Waals surface area contributed by atoms with E-state index in [2.05, 4.69) is 26.6 Å². The number of aliphatic hydroxyl groups excluding tert-OH is 1. The summed E-state index contributed by atoms with van der Waals surface area (Å²) in [6.45, 7) is 11.6. The summed E-state index contributed by atoms with van der Waals surface area (Å²) in [5, 5.41) is 24.4. The Hall–Kier alpha value is -4.82. The van der Waals surface area contributed by atoms with Crippen LogP contribution in [0.5, 0.6) is 0 Å². The number of unbranched alkanes of at least 4 members (excludes halogenated alkanes) is 1. The second-order valence-corrected chi connectivity index (χ2v) is 15.2. The van der Waals surface area contributed by atoms with Crippen LogP contribution in [0, 0.1) is 5.41 Å². The van der Waals surface area contributed by atoms with Gasteiger partial charge in [-0.3, -0.25) is 33.7 Å². The lowest BCUT2D eigenvalue weighted by Crippen LogP contribution is -2.60. The summed E-state index contributed by atoms with van der Waals surface area (Å²) in [4.78, 5) is 76.5. The number of hydrogen-bond donors (Lipinski definition) is 6. The van der Waals surface area contributed by atoms with E-state index in [0.29, 0.717) is 37.8 Å². The molecule has 0 radical (unpaired) electrons. The highest BCUT2D eigenvalue weighted by atomic mass is 16.3. The Balaban J connectivity index is 1.87. The molecule has 298 valence electrons. The van der Waals surface area contributed by atoms with Crippen molar-refractivity contribution >= 4 is 35.4 Å². The predicted octanol–water partition coefficient (Wildman–Crippen LogP) is 2.08. The van der Waals surface area contributed by atoms with Crippen molar-refractivity contribution in [3.8, 4) is 0 Å². The highest BCUT2D eigenvalue weighted by Crippen LogP contribution is 2.28. The Morgan fingerprint density at radius 2 is 1.54 bits per heavy atom. The van der Waals surface area contributed by atoms with Crippen molar-refractivity contribution in [1.29, 1.82) is 0 Å². The molecule has 0 fully saturated rings. The summed E-state index contributed by atoms with van der Waals surface area (Å²) >= 11 is 0. The third-order valence-corrected chi connectivity index (χ3v) is 9.29. The van der Waals surface area contributed by atoms with Crippen LogP contribution in [0.25, 0.3) is 0 Å². The lowest BCUT2D eigenvalue weighted by atomic mass is 9.77. The minimum Gasteiger partial charge on any atom is -0.394 e. The second kappa shape index (κ2) is 21.8. The smallest absolute Gasteiger partial charge is 0.253 e. The van der Waals surface area contributed by atoms with Crippen LogP contribution in [0.4, 0.5) is 0 Å². The van der Waals surface area contributed by atoms with E-state index >= 15 is 0 Å². The number of aryl methyl sites for hydroxylation is 1. The van der Waals surface area contributed by atoms with Gasteiger partial charge in [-0.05, 0) is 56.7 Å². The van der Waals surface area contributed by atoms with Crippen molar-refractivity contribution < 1.29 is 33.9 Å². The monoisotopic (exact) mass is 751 g/mol.